The van der Waals surface area contributed by atoms with Gasteiger partial charge in [-0.2, -0.15) is 0 Å². The van der Waals surface area contributed by atoms with Crippen LogP contribution in [0.1, 0.15) is 59.8 Å². The molecular weight excluding hydrogens is 210 g/mol. The number of methoxy groups -OCH3 is 1. The minimum absolute atomic E-state index is 0.132. The monoisotopic (exact) mass is 241 g/mol. The third-order valence-electron chi connectivity index (χ3n) is 4.40. The second-order valence-electron chi connectivity index (χ2n) is 6.80. The summed E-state index contributed by atoms with van der Waals surface area (Å²) in [5.74, 6) is 1.54. The Morgan fingerprint density at radius 1 is 1.29 bits per heavy atom. The fraction of sp³-hybridized carbons (Fsp3) is 1.00. The topological polar surface area (TPSA) is 35.2 Å². The lowest BCUT2D eigenvalue weighted by Gasteiger charge is -2.40. The molecule has 17 heavy (non-hydrogen) atoms. The lowest BCUT2D eigenvalue weighted by atomic mass is 9.72. The van der Waals surface area contributed by atoms with E-state index in [9.17, 15) is 0 Å². The zero-order chi connectivity index (χ0) is 13.1. The Hall–Kier alpha value is -0.0800. The summed E-state index contributed by atoms with van der Waals surface area (Å²) in [6, 6.07) is 0.189. The molecule has 102 valence electrons. The molecule has 0 aromatic heterocycles. The first kappa shape index (κ1) is 15.0. The maximum atomic E-state index is 6.48. The van der Waals surface area contributed by atoms with E-state index in [4.69, 9.17) is 10.5 Å². The smallest absolute Gasteiger partial charge is 0.0772 e. The Bertz CT molecular complexity index is 221. The summed E-state index contributed by atoms with van der Waals surface area (Å²) in [6.07, 6.45) is 6.80. The van der Waals surface area contributed by atoms with Crippen molar-refractivity contribution in [2.75, 3.05) is 7.11 Å². The van der Waals surface area contributed by atoms with Crippen molar-refractivity contribution in [1.29, 1.82) is 0 Å². The Morgan fingerprint density at radius 3 is 2.41 bits per heavy atom. The summed E-state index contributed by atoms with van der Waals surface area (Å²) in [5, 5.41) is 0. The van der Waals surface area contributed by atoms with Gasteiger partial charge >= 0.3 is 0 Å². The van der Waals surface area contributed by atoms with Gasteiger partial charge in [-0.05, 0) is 30.1 Å². The predicted molar refractivity (Wildman–Crippen MR) is 74.0 cm³/mol. The maximum absolute atomic E-state index is 6.48. The van der Waals surface area contributed by atoms with Gasteiger partial charge in [-0.25, -0.2) is 0 Å². The van der Waals surface area contributed by atoms with Crippen molar-refractivity contribution >= 4 is 0 Å². The van der Waals surface area contributed by atoms with E-state index in [2.05, 4.69) is 27.7 Å². The van der Waals surface area contributed by atoms with Crippen LogP contribution in [0.15, 0.2) is 0 Å². The largest absolute Gasteiger partial charge is 0.379 e. The van der Waals surface area contributed by atoms with E-state index in [1.807, 2.05) is 0 Å². The molecule has 2 heteroatoms. The lowest BCUT2D eigenvalue weighted by molar-refractivity contribution is -0.0228. The number of ether oxygens (including phenoxy) is 1. The van der Waals surface area contributed by atoms with Crippen LogP contribution in [0.3, 0.4) is 0 Å². The van der Waals surface area contributed by atoms with Gasteiger partial charge < -0.3 is 10.5 Å². The molecule has 0 aromatic rings. The normalized spacial score (nSPS) is 30.0. The highest BCUT2D eigenvalue weighted by Crippen LogP contribution is 2.36. The first-order valence-electron chi connectivity index (χ1n) is 7.18. The molecule has 0 radical (unpaired) electrons. The van der Waals surface area contributed by atoms with Crippen LogP contribution in [0.25, 0.3) is 0 Å². The molecule has 1 fully saturated rings. The van der Waals surface area contributed by atoms with Crippen LogP contribution in [0, 0.1) is 17.3 Å². The Labute approximate surface area is 107 Å². The van der Waals surface area contributed by atoms with Gasteiger partial charge in [-0.15, -0.1) is 0 Å². The van der Waals surface area contributed by atoms with Gasteiger partial charge in [0.2, 0.25) is 0 Å². The predicted octanol–water partition coefficient (Wildman–Crippen LogP) is 3.59. The van der Waals surface area contributed by atoms with E-state index in [0.29, 0.717) is 5.92 Å². The van der Waals surface area contributed by atoms with E-state index in [1.165, 1.54) is 32.1 Å². The van der Waals surface area contributed by atoms with Crippen molar-refractivity contribution < 1.29 is 4.74 Å². The summed E-state index contributed by atoms with van der Waals surface area (Å²) in [7, 11) is 1.80. The standard InChI is InChI=1S/C15H31NO/c1-6-11-8-7-9-12(10-11)13(16)14(17-5)15(2,3)4/h11-14H,6-10,16H2,1-5H3. The molecule has 0 bridgehead atoms. The van der Waals surface area contributed by atoms with Crippen molar-refractivity contribution in [2.45, 2.75) is 71.9 Å². The molecule has 0 amide bonds. The van der Waals surface area contributed by atoms with Crippen molar-refractivity contribution in [3.63, 3.8) is 0 Å². The molecule has 1 rings (SSSR count). The molecule has 2 N–H and O–H groups in total. The number of rotatable bonds is 4. The van der Waals surface area contributed by atoms with Crippen LogP contribution in [0.4, 0.5) is 0 Å². The second kappa shape index (κ2) is 6.19. The Morgan fingerprint density at radius 2 is 1.94 bits per heavy atom. The van der Waals surface area contributed by atoms with Gasteiger partial charge in [0.25, 0.3) is 0 Å². The molecule has 0 aromatic carbocycles. The molecule has 1 saturated carbocycles. The van der Waals surface area contributed by atoms with E-state index in [-0.39, 0.29) is 17.6 Å². The third-order valence-corrected chi connectivity index (χ3v) is 4.40. The molecule has 4 atom stereocenters. The van der Waals surface area contributed by atoms with Crippen LogP contribution in [-0.2, 0) is 4.74 Å². The highest BCUT2D eigenvalue weighted by atomic mass is 16.5. The first-order valence-corrected chi connectivity index (χ1v) is 7.18. The molecule has 4 unspecified atom stereocenters. The molecule has 2 nitrogen and oxygen atoms in total. The van der Waals surface area contributed by atoms with E-state index >= 15 is 0 Å². The summed E-state index contributed by atoms with van der Waals surface area (Å²) >= 11 is 0. The fourth-order valence-electron chi connectivity index (χ4n) is 3.39. The average Bonchev–Trinajstić information content (AvgIpc) is 2.28. The SMILES string of the molecule is CCC1CCCC(C(N)C(OC)C(C)(C)C)C1. The minimum Gasteiger partial charge on any atom is -0.379 e. The van der Waals surface area contributed by atoms with Gasteiger partial charge in [0.15, 0.2) is 0 Å². The highest BCUT2D eigenvalue weighted by Gasteiger charge is 2.36. The summed E-state index contributed by atoms with van der Waals surface area (Å²) in [4.78, 5) is 0. The van der Waals surface area contributed by atoms with E-state index < -0.39 is 0 Å². The summed E-state index contributed by atoms with van der Waals surface area (Å²) < 4.78 is 5.67. The minimum atomic E-state index is 0.132. The zero-order valence-electron chi connectivity index (χ0n) is 12.3. The first-order chi connectivity index (χ1) is 7.90. The van der Waals surface area contributed by atoms with Crippen LogP contribution in [-0.4, -0.2) is 19.3 Å². The van der Waals surface area contributed by atoms with Crippen molar-refractivity contribution in [1.82, 2.24) is 0 Å². The second-order valence-corrected chi connectivity index (χ2v) is 6.80. The fourth-order valence-corrected chi connectivity index (χ4v) is 3.39. The third kappa shape index (κ3) is 3.96. The molecule has 0 heterocycles. The molecular formula is C15H31NO. The van der Waals surface area contributed by atoms with E-state index in [0.717, 1.165) is 5.92 Å². The summed E-state index contributed by atoms with van der Waals surface area (Å²) in [6.45, 7) is 8.97. The van der Waals surface area contributed by atoms with Gasteiger partial charge in [-0.1, -0.05) is 47.0 Å². The maximum Gasteiger partial charge on any atom is 0.0772 e. The quantitative estimate of drug-likeness (QED) is 0.816. The summed E-state index contributed by atoms with van der Waals surface area (Å²) in [5.41, 5.74) is 6.61. The van der Waals surface area contributed by atoms with Gasteiger partial charge in [0.05, 0.1) is 6.10 Å². The molecule has 1 aliphatic carbocycles. The lowest BCUT2D eigenvalue weighted by Crippen LogP contribution is -2.50. The van der Waals surface area contributed by atoms with E-state index in [1.54, 1.807) is 7.11 Å². The molecule has 0 aliphatic heterocycles. The molecule has 1 aliphatic rings. The van der Waals surface area contributed by atoms with Crippen LogP contribution in [0.5, 0.6) is 0 Å². The highest BCUT2D eigenvalue weighted by molar-refractivity contribution is 4.90. The number of hydrogen-bond donors (Lipinski definition) is 1. The Kier molecular flexibility index (Phi) is 5.46. The molecule has 0 saturated heterocycles. The Balaban J connectivity index is 2.64. The van der Waals surface area contributed by atoms with Crippen LogP contribution >= 0.6 is 0 Å². The van der Waals surface area contributed by atoms with Crippen molar-refractivity contribution in [3.8, 4) is 0 Å². The van der Waals surface area contributed by atoms with Gasteiger partial charge in [-0.3, -0.25) is 0 Å². The van der Waals surface area contributed by atoms with Crippen LogP contribution < -0.4 is 5.73 Å². The van der Waals surface area contributed by atoms with Crippen molar-refractivity contribution in [2.24, 2.45) is 23.0 Å². The molecule has 0 spiro atoms. The van der Waals surface area contributed by atoms with Gasteiger partial charge in [0.1, 0.15) is 0 Å². The van der Waals surface area contributed by atoms with Crippen LogP contribution in [0.2, 0.25) is 0 Å². The average molecular weight is 241 g/mol. The number of nitrogens with two attached hydrogens (primary N) is 1. The number of hydrogen-bond acceptors (Lipinski definition) is 2. The van der Waals surface area contributed by atoms with Crippen molar-refractivity contribution in [3.05, 3.63) is 0 Å². The van der Waals surface area contributed by atoms with Gasteiger partial charge in [0, 0.05) is 13.2 Å². The zero-order valence-corrected chi connectivity index (χ0v) is 12.3.